The second-order valence-electron chi connectivity index (χ2n) is 9.11. The van der Waals surface area contributed by atoms with Gasteiger partial charge in [0.05, 0.1) is 11.1 Å². The van der Waals surface area contributed by atoms with Gasteiger partial charge in [-0.25, -0.2) is 0 Å². The fourth-order valence-electron chi connectivity index (χ4n) is 4.87. The summed E-state index contributed by atoms with van der Waals surface area (Å²) in [7, 11) is 0. The highest BCUT2D eigenvalue weighted by Crippen LogP contribution is 2.57. The number of aromatic nitrogens is 3. The minimum absolute atomic E-state index is 0.00165. The summed E-state index contributed by atoms with van der Waals surface area (Å²) < 4.78 is 7.64. The molecule has 0 spiro atoms. The molecule has 184 valence electrons. The molecule has 1 unspecified atom stereocenters. The molecule has 0 bridgehead atoms. The van der Waals surface area contributed by atoms with Crippen LogP contribution in [0.4, 0.5) is 0 Å². The normalized spacial score (nSPS) is 20.1. The number of fused-ring (bicyclic) bond motifs is 4. The monoisotopic (exact) mass is 488 g/mol. The molecule has 0 radical (unpaired) electrons. The topological polar surface area (TPSA) is 143 Å². The number of ketones is 3. The van der Waals surface area contributed by atoms with Crippen molar-refractivity contribution >= 4 is 23.0 Å². The lowest BCUT2D eigenvalue weighted by Gasteiger charge is -2.29. The van der Waals surface area contributed by atoms with E-state index in [0.29, 0.717) is 18.7 Å². The maximum atomic E-state index is 13.8. The van der Waals surface area contributed by atoms with Crippen LogP contribution in [0.15, 0.2) is 47.5 Å². The predicted molar refractivity (Wildman–Crippen MR) is 128 cm³/mol. The molecular weight excluding hydrogens is 464 g/mol. The van der Waals surface area contributed by atoms with Gasteiger partial charge in [0.1, 0.15) is 39.8 Å². The second kappa shape index (κ2) is 8.04. The van der Waals surface area contributed by atoms with Crippen LogP contribution in [0, 0.1) is 6.92 Å². The number of allylic oxidation sites excluding steroid dienone is 4. The van der Waals surface area contributed by atoms with Gasteiger partial charge in [-0.2, -0.15) is 0 Å². The van der Waals surface area contributed by atoms with Crippen LogP contribution in [-0.2, 0) is 21.4 Å². The number of pyridine rings is 1. The van der Waals surface area contributed by atoms with Crippen molar-refractivity contribution in [3.63, 3.8) is 0 Å². The fraction of sp³-hybridized carbons (Fsp3) is 0.269. The molecule has 3 N–H and O–H groups in total. The fourth-order valence-corrected chi connectivity index (χ4v) is 4.87. The van der Waals surface area contributed by atoms with Crippen LogP contribution in [0.1, 0.15) is 48.1 Å². The molecule has 2 aromatic heterocycles. The first-order valence-corrected chi connectivity index (χ1v) is 11.4. The van der Waals surface area contributed by atoms with Gasteiger partial charge in [-0.3, -0.25) is 18.8 Å². The Morgan fingerprint density at radius 1 is 1.17 bits per heavy atom. The van der Waals surface area contributed by atoms with E-state index in [1.807, 2.05) is 28.8 Å². The summed E-state index contributed by atoms with van der Waals surface area (Å²) in [6.45, 7) is 6.25. The van der Waals surface area contributed by atoms with E-state index in [9.17, 15) is 24.6 Å². The average molecular weight is 489 g/mol. The zero-order chi connectivity index (χ0) is 25.9. The number of carbonyl (C=O) groups excluding carboxylic acids is 3. The maximum absolute atomic E-state index is 13.8. The summed E-state index contributed by atoms with van der Waals surface area (Å²) in [6, 6.07) is 5.59. The van der Waals surface area contributed by atoms with E-state index in [-0.39, 0.29) is 39.5 Å². The number of ether oxygens (including phenoxy) is 1. The summed E-state index contributed by atoms with van der Waals surface area (Å²) in [6.07, 6.45) is 3.55. The van der Waals surface area contributed by atoms with E-state index in [2.05, 4.69) is 15.5 Å². The van der Waals surface area contributed by atoms with Gasteiger partial charge in [0, 0.05) is 36.5 Å². The van der Waals surface area contributed by atoms with E-state index in [4.69, 9.17) is 4.74 Å². The van der Waals surface area contributed by atoms with Crippen molar-refractivity contribution < 1.29 is 29.3 Å². The van der Waals surface area contributed by atoms with E-state index in [1.165, 1.54) is 26.8 Å². The number of benzene rings is 1. The molecule has 2 aliphatic rings. The van der Waals surface area contributed by atoms with Crippen LogP contribution in [0.5, 0.6) is 17.2 Å². The van der Waals surface area contributed by atoms with Crippen LogP contribution >= 0.6 is 0 Å². The summed E-state index contributed by atoms with van der Waals surface area (Å²) in [5.74, 6) is -1.78. The van der Waals surface area contributed by atoms with E-state index in [1.54, 1.807) is 6.92 Å². The summed E-state index contributed by atoms with van der Waals surface area (Å²) in [5.41, 5.74) is -0.557. The number of Topliss-reactive ketones (excluding diaryl/α,β-unsaturated/α-hetero) is 2. The molecule has 0 fully saturated rings. The molecule has 0 saturated heterocycles. The van der Waals surface area contributed by atoms with Crippen molar-refractivity contribution in [2.24, 2.45) is 0 Å². The molecule has 1 aromatic carbocycles. The van der Waals surface area contributed by atoms with Crippen molar-refractivity contribution in [2.75, 3.05) is 6.54 Å². The minimum atomic E-state index is -1.54. The van der Waals surface area contributed by atoms with Crippen LogP contribution in [-0.4, -0.2) is 48.7 Å². The van der Waals surface area contributed by atoms with E-state index in [0.717, 1.165) is 11.5 Å². The Morgan fingerprint density at radius 2 is 1.92 bits per heavy atom. The summed E-state index contributed by atoms with van der Waals surface area (Å²) in [4.78, 5) is 39.1. The van der Waals surface area contributed by atoms with Gasteiger partial charge < -0.3 is 20.3 Å². The van der Waals surface area contributed by atoms with Crippen LogP contribution in [0.3, 0.4) is 0 Å². The molecule has 5 rings (SSSR count). The first kappa shape index (κ1) is 23.3. The molecular formula is C26H24N4O6. The Labute approximate surface area is 205 Å². The standard InChI is InChI=1S/C26H24N4O6/c1-12-22(33)20(14(3)31)24-21(23(12)34)26(4)16(36-24)11-15(32)19(25(26)35)13(2)27-9-8-18-29-28-17-7-5-6-10-30(17)18/h5-7,10-11,27,33-34H,8-9H2,1-4H3. The Bertz CT molecular complexity index is 1560. The molecule has 0 saturated carbocycles. The van der Waals surface area contributed by atoms with E-state index < -0.39 is 28.5 Å². The Kier molecular flexibility index (Phi) is 5.20. The SMILES string of the molecule is CC(=O)c1c(O)c(C)c(O)c2c1OC1=CC(=O)C(=C(C)NCCc3nnc4ccccn34)C(=O)C12C. The van der Waals surface area contributed by atoms with Gasteiger partial charge in [0.25, 0.3) is 0 Å². The van der Waals surface area contributed by atoms with Crippen molar-refractivity contribution in [3.05, 3.63) is 70.0 Å². The van der Waals surface area contributed by atoms with Gasteiger partial charge in [-0.1, -0.05) is 6.07 Å². The molecule has 10 nitrogen and oxygen atoms in total. The third-order valence-corrected chi connectivity index (χ3v) is 6.88. The first-order chi connectivity index (χ1) is 17.1. The molecule has 3 aromatic rings. The number of nitrogens with zero attached hydrogens (tertiary/aromatic N) is 3. The lowest BCUT2D eigenvalue weighted by Crippen LogP contribution is -2.41. The highest BCUT2D eigenvalue weighted by molar-refractivity contribution is 6.31. The molecule has 1 aliphatic carbocycles. The Hall–Kier alpha value is -4.47. The van der Waals surface area contributed by atoms with Crippen LogP contribution in [0.2, 0.25) is 0 Å². The quantitative estimate of drug-likeness (QED) is 0.280. The number of rotatable bonds is 5. The second-order valence-corrected chi connectivity index (χ2v) is 9.11. The predicted octanol–water partition coefficient (Wildman–Crippen LogP) is 2.44. The van der Waals surface area contributed by atoms with Gasteiger partial charge >= 0.3 is 0 Å². The molecule has 0 amide bonds. The highest BCUT2D eigenvalue weighted by atomic mass is 16.5. The van der Waals surface area contributed by atoms with E-state index >= 15 is 0 Å². The largest absolute Gasteiger partial charge is 0.507 e. The number of phenolic OH excluding ortho intramolecular Hbond substituents is 2. The van der Waals surface area contributed by atoms with Crippen molar-refractivity contribution in [3.8, 4) is 17.2 Å². The molecule has 36 heavy (non-hydrogen) atoms. The molecule has 1 aliphatic heterocycles. The van der Waals surface area contributed by atoms with Gasteiger partial charge in [-0.05, 0) is 39.8 Å². The minimum Gasteiger partial charge on any atom is -0.507 e. The number of aromatic hydroxyl groups is 2. The highest BCUT2D eigenvalue weighted by Gasteiger charge is 2.56. The Morgan fingerprint density at radius 3 is 2.64 bits per heavy atom. The number of carbonyl (C=O) groups is 3. The zero-order valence-corrected chi connectivity index (χ0v) is 20.2. The summed E-state index contributed by atoms with van der Waals surface area (Å²) >= 11 is 0. The smallest absolute Gasteiger partial charge is 0.194 e. The molecule has 1 atom stereocenters. The molecule has 3 heterocycles. The van der Waals surface area contributed by atoms with Gasteiger partial charge in [-0.15, -0.1) is 10.2 Å². The average Bonchev–Trinajstić information content (AvgIpc) is 3.37. The van der Waals surface area contributed by atoms with Gasteiger partial charge in [0.15, 0.2) is 23.0 Å². The third kappa shape index (κ3) is 3.14. The Balaban J connectivity index is 1.51. The lowest BCUT2D eigenvalue weighted by atomic mass is 9.70. The number of phenols is 2. The van der Waals surface area contributed by atoms with Crippen molar-refractivity contribution in [1.82, 2.24) is 19.9 Å². The lowest BCUT2D eigenvalue weighted by molar-refractivity contribution is -0.123. The summed E-state index contributed by atoms with van der Waals surface area (Å²) in [5, 5.41) is 32.8. The first-order valence-electron chi connectivity index (χ1n) is 11.4. The molecule has 10 heteroatoms. The van der Waals surface area contributed by atoms with Crippen molar-refractivity contribution in [1.29, 1.82) is 0 Å². The number of nitrogens with one attached hydrogen (secondary N) is 1. The third-order valence-electron chi connectivity index (χ3n) is 6.88. The maximum Gasteiger partial charge on any atom is 0.194 e. The van der Waals surface area contributed by atoms with Crippen LogP contribution < -0.4 is 10.1 Å². The van der Waals surface area contributed by atoms with Crippen molar-refractivity contribution in [2.45, 2.75) is 39.5 Å². The van der Waals surface area contributed by atoms with Crippen LogP contribution in [0.25, 0.3) is 5.65 Å². The zero-order valence-electron chi connectivity index (χ0n) is 20.2. The number of hydrogen-bond donors (Lipinski definition) is 3. The number of hydrogen-bond acceptors (Lipinski definition) is 9. The van der Waals surface area contributed by atoms with Gasteiger partial charge in [0.2, 0.25) is 0 Å².